The number of carbonyl (C=O) groups is 1. The summed E-state index contributed by atoms with van der Waals surface area (Å²) in [5, 5.41) is 0.107. The Balaban J connectivity index is 2.39. The fraction of sp³-hybridized carbons (Fsp3) is 0.0769. The van der Waals surface area contributed by atoms with Gasteiger partial charge in [0.25, 0.3) is 5.91 Å². The highest BCUT2D eigenvalue weighted by molar-refractivity contribution is 6.32. The van der Waals surface area contributed by atoms with Crippen molar-refractivity contribution in [1.82, 2.24) is 4.98 Å². The smallest absolute Gasteiger partial charge is 0.251 e. The molecule has 1 amide bonds. The first-order valence-electron chi connectivity index (χ1n) is 5.22. The van der Waals surface area contributed by atoms with Gasteiger partial charge in [-0.2, -0.15) is 0 Å². The summed E-state index contributed by atoms with van der Waals surface area (Å²) >= 11 is 5.90. The summed E-state index contributed by atoms with van der Waals surface area (Å²) in [6.07, 6.45) is 0. The minimum atomic E-state index is -0.589. The van der Waals surface area contributed by atoms with Crippen LogP contribution in [0.15, 0.2) is 36.4 Å². The molecule has 2 aromatic rings. The summed E-state index contributed by atoms with van der Waals surface area (Å²) < 4.78 is 5.07. The van der Waals surface area contributed by atoms with Crippen LogP contribution in [0.5, 0.6) is 5.75 Å². The predicted molar refractivity (Wildman–Crippen MR) is 69.8 cm³/mol. The first-order valence-corrected chi connectivity index (χ1v) is 5.60. The highest BCUT2D eigenvalue weighted by atomic mass is 35.5. The van der Waals surface area contributed by atoms with E-state index in [0.29, 0.717) is 5.69 Å². The minimum absolute atomic E-state index is 0.107. The van der Waals surface area contributed by atoms with E-state index >= 15 is 0 Å². The summed E-state index contributed by atoms with van der Waals surface area (Å²) in [4.78, 5) is 15.2. The number of hydrogen-bond donors (Lipinski definition) is 1. The van der Waals surface area contributed by atoms with E-state index in [9.17, 15) is 4.79 Å². The lowest BCUT2D eigenvalue weighted by atomic mass is 10.1. The van der Waals surface area contributed by atoms with E-state index in [2.05, 4.69) is 4.98 Å². The predicted octanol–water partition coefficient (Wildman–Crippen LogP) is 2.51. The second kappa shape index (κ2) is 5.06. The van der Waals surface area contributed by atoms with Crippen LogP contribution < -0.4 is 10.5 Å². The van der Waals surface area contributed by atoms with Gasteiger partial charge in [0.2, 0.25) is 0 Å². The SMILES string of the molecule is COc1ccc(-c2ccc(C(N)=O)c(Cl)n2)cc1. The van der Waals surface area contributed by atoms with Gasteiger partial charge in [-0.05, 0) is 36.4 Å². The third-order valence-corrected chi connectivity index (χ3v) is 2.79. The van der Waals surface area contributed by atoms with Gasteiger partial charge in [0, 0.05) is 5.56 Å². The monoisotopic (exact) mass is 262 g/mol. The van der Waals surface area contributed by atoms with Gasteiger partial charge in [-0.25, -0.2) is 4.98 Å². The number of benzene rings is 1. The molecular weight excluding hydrogens is 252 g/mol. The molecule has 0 atom stereocenters. The molecule has 1 aromatic carbocycles. The molecule has 0 aliphatic rings. The Kier molecular flexibility index (Phi) is 3.48. The Hall–Kier alpha value is -2.07. The van der Waals surface area contributed by atoms with Gasteiger partial charge in [-0.1, -0.05) is 11.6 Å². The first kappa shape index (κ1) is 12.4. The van der Waals surface area contributed by atoms with Crippen LogP contribution in [-0.4, -0.2) is 18.0 Å². The van der Waals surface area contributed by atoms with Crippen molar-refractivity contribution in [2.75, 3.05) is 7.11 Å². The Labute approximate surface area is 109 Å². The van der Waals surface area contributed by atoms with Crippen molar-refractivity contribution >= 4 is 17.5 Å². The molecule has 0 aliphatic carbocycles. The van der Waals surface area contributed by atoms with Gasteiger partial charge in [0.15, 0.2) is 0 Å². The van der Waals surface area contributed by atoms with E-state index in [1.54, 1.807) is 19.2 Å². The molecular formula is C13H11ClN2O2. The van der Waals surface area contributed by atoms with Crippen molar-refractivity contribution in [3.63, 3.8) is 0 Å². The number of carbonyl (C=O) groups excluding carboxylic acids is 1. The molecule has 1 aromatic heterocycles. The van der Waals surface area contributed by atoms with E-state index in [-0.39, 0.29) is 10.7 Å². The zero-order chi connectivity index (χ0) is 13.1. The number of nitrogens with zero attached hydrogens (tertiary/aromatic N) is 1. The highest BCUT2D eigenvalue weighted by Gasteiger charge is 2.09. The maximum Gasteiger partial charge on any atom is 0.251 e. The highest BCUT2D eigenvalue weighted by Crippen LogP contribution is 2.23. The normalized spacial score (nSPS) is 10.1. The van der Waals surface area contributed by atoms with Crippen LogP contribution in [0.2, 0.25) is 5.15 Å². The number of rotatable bonds is 3. The number of methoxy groups -OCH3 is 1. The molecule has 4 nitrogen and oxygen atoms in total. The molecule has 92 valence electrons. The van der Waals surface area contributed by atoms with Gasteiger partial charge in [-0.15, -0.1) is 0 Å². The zero-order valence-corrected chi connectivity index (χ0v) is 10.4. The maximum atomic E-state index is 11.0. The molecule has 0 unspecified atom stereocenters. The second-order valence-electron chi connectivity index (χ2n) is 3.63. The summed E-state index contributed by atoms with van der Waals surface area (Å²) in [7, 11) is 1.60. The van der Waals surface area contributed by atoms with Gasteiger partial charge in [-0.3, -0.25) is 4.79 Å². The van der Waals surface area contributed by atoms with Crippen molar-refractivity contribution in [1.29, 1.82) is 0 Å². The number of halogens is 1. The van der Waals surface area contributed by atoms with Gasteiger partial charge < -0.3 is 10.5 Å². The second-order valence-corrected chi connectivity index (χ2v) is 3.99. The van der Waals surface area contributed by atoms with Crippen LogP contribution in [-0.2, 0) is 0 Å². The van der Waals surface area contributed by atoms with Gasteiger partial charge in [0.05, 0.1) is 18.4 Å². The number of primary amides is 1. The van der Waals surface area contributed by atoms with E-state index in [0.717, 1.165) is 11.3 Å². The number of nitrogens with two attached hydrogens (primary N) is 1. The van der Waals surface area contributed by atoms with Gasteiger partial charge in [0.1, 0.15) is 10.9 Å². The fourth-order valence-electron chi connectivity index (χ4n) is 1.54. The number of amides is 1. The zero-order valence-electron chi connectivity index (χ0n) is 9.68. The van der Waals surface area contributed by atoms with Crippen molar-refractivity contribution in [2.24, 2.45) is 5.73 Å². The molecule has 0 bridgehead atoms. The Morgan fingerprint density at radius 2 is 1.89 bits per heavy atom. The number of aromatic nitrogens is 1. The Morgan fingerprint density at radius 3 is 2.39 bits per heavy atom. The minimum Gasteiger partial charge on any atom is -0.497 e. The summed E-state index contributed by atoms with van der Waals surface area (Å²) in [6.45, 7) is 0. The van der Waals surface area contributed by atoms with Crippen LogP contribution in [0, 0.1) is 0 Å². The lowest BCUT2D eigenvalue weighted by molar-refractivity contribution is 0.1000. The first-order chi connectivity index (χ1) is 8.61. The Bertz CT molecular complexity index is 582. The third-order valence-electron chi connectivity index (χ3n) is 2.50. The molecule has 2 N–H and O–H groups in total. The summed E-state index contributed by atoms with van der Waals surface area (Å²) in [6, 6.07) is 10.6. The number of ether oxygens (including phenoxy) is 1. The molecule has 0 saturated carbocycles. The van der Waals surface area contributed by atoms with E-state index < -0.39 is 5.91 Å². The average Bonchev–Trinajstić information content (AvgIpc) is 2.38. The lowest BCUT2D eigenvalue weighted by Gasteiger charge is -2.05. The molecule has 0 fully saturated rings. The molecule has 1 heterocycles. The fourth-order valence-corrected chi connectivity index (χ4v) is 1.79. The van der Waals surface area contributed by atoms with Crippen LogP contribution in [0.3, 0.4) is 0 Å². The topological polar surface area (TPSA) is 65.2 Å². The molecule has 0 saturated heterocycles. The van der Waals surface area contributed by atoms with Crippen LogP contribution in [0.25, 0.3) is 11.3 Å². The van der Waals surface area contributed by atoms with Crippen molar-refractivity contribution < 1.29 is 9.53 Å². The molecule has 18 heavy (non-hydrogen) atoms. The van der Waals surface area contributed by atoms with Crippen molar-refractivity contribution in [3.05, 3.63) is 47.1 Å². The number of hydrogen-bond acceptors (Lipinski definition) is 3. The van der Waals surface area contributed by atoms with Crippen LogP contribution >= 0.6 is 11.6 Å². The van der Waals surface area contributed by atoms with Crippen LogP contribution in [0.4, 0.5) is 0 Å². The average molecular weight is 263 g/mol. The third kappa shape index (κ3) is 2.43. The summed E-state index contributed by atoms with van der Waals surface area (Å²) in [5.74, 6) is 0.174. The van der Waals surface area contributed by atoms with Crippen LogP contribution in [0.1, 0.15) is 10.4 Å². The standard InChI is InChI=1S/C13H11ClN2O2/c1-18-9-4-2-8(3-5-9)11-7-6-10(13(15)17)12(14)16-11/h2-7H,1H3,(H2,15,17). The maximum absolute atomic E-state index is 11.0. The molecule has 0 radical (unpaired) electrons. The summed E-state index contributed by atoms with van der Waals surface area (Å²) in [5.41, 5.74) is 6.93. The number of pyridine rings is 1. The molecule has 2 rings (SSSR count). The quantitative estimate of drug-likeness (QED) is 0.865. The largest absolute Gasteiger partial charge is 0.497 e. The molecule has 0 aliphatic heterocycles. The lowest BCUT2D eigenvalue weighted by Crippen LogP contribution is -2.12. The van der Waals surface area contributed by atoms with Crippen molar-refractivity contribution in [3.8, 4) is 17.0 Å². The molecule has 5 heteroatoms. The van der Waals surface area contributed by atoms with Gasteiger partial charge >= 0.3 is 0 Å². The van der Waals surface area contributed by atoms with E-state index in [4.69, 9.17) is 22.1 Å². The van der Waals surface area contributed by atoms with E-state index in [1.165, 1.54) is 0 Å². The Morgan fingerprint density at radius 1 is 1.22 bits per heavy atom. The molecule has 0 spiro atoms. The van der Waals surface area contributed by atoms with E-state index in [1.807, 2.05) is 24.3 Å². The van der Waals surface area contributed by atoms with Crippen molar-refractivity contribution in [2.45, 2.75) is 0 Å².